The molecule has 88 valence electrons. The molecule has 0 amide bonds. The molecule has 0 heterocycles. The lowest BCUT2D eigenvalue weighted by Crippen LogP contribution is -2.07. The Kier molecular flexibility index (Phi) is 4.94. The van der Waals surface area contributed by atoms with Gasteiger partial charge in [-0.1, -0.05) is 38.3 Å². The van der Waals surface area contributed by atoms with E-state index in [9.17, 15) is 9.18 Å². The minimum Gasteiger partial charge on any atom is -0.294 e. The highest BCUT2D eigenvalue weighted by atomic mass is 35.5. The van der Waals surface area contributed by atoms with Crippen LogP contribution < -0.4 is 0 Å². The van der Waals surface area contributed by atoms with Crippen LogP contribution >= 0.6 is 11.6 Å². The van der Waals surface area contributed by atoms with Crippen LogP contribution in [0.5, 0.6) is 0 Å². The molecule has 0 N–H and O–H groups in total. The normalized spacial score (nSPS) is 10.8. The second-order valence-electron chi connectivity index (χ2n) is 3.94. The van der Waals surface area contributed by atoms with Crippen molar-refractivity contribution in [3.8, 4) is 0 Å². The van der Waals surface area contributed by atoms with Crippen molar-refractivity contribution < 1.29 is 9.18 Å². The topological polar surface area (TPSA) is 17.1 Å². The van der Waals surface area contributed by atoms with Gasteiger partial charge in [-0.3, -0.25) is 4.79 Å². The summed E-state index contributed by atoms with van der Waals surface area (Å²) in [4.78, 5) is 11.8. The van der Waals surface area contributed by atoms with Crippen LogP contribution in [0.3, 0.4) is 0 Å². The lowest BCUT2D eigenvalue weighted by Gasteiger charge is -2.10. The van der Waals surface area contributed by atoms with Gasteiger partial charge in [0, 0.05) is 12.0 Å². The molecule has 0 atom stereocenters. The Morgan fingerprint density at radius 3 is 2.50 bits per heavy atom. The molecule has 0 radical (unpaired) electrons. The van der Waals surface area contributed by atoms with Gasteiger partial charge in [-0.2, -0.15) is 0 Å². The Bertz CT molecular complexity index is 372. The van der Waals surface area contributed by atoms with Gasteiger partial charge >= 0.3 is 0 Å². The fraction of sp³-hybridized carbons (Fsp3) is 0.462. The van der Waals surface area contributed by atoms with Gasteiger partial charge in [0.2, 0.25) is 0 Å². The molecule has 0 aliphatic heterocycles. The van der Waals surface area contributed by atoms with Crippen LogP contribution in [0, 0.1) is 11.7 Å². The zero-order valence-corrected chi connectivity index (χ0v) is 10.4. The molecule has 0 saturated heterocycles. The van der Waals surface area contributed by atoms with Crippen LogP contribution in [0.4, 0.5) is 4.39 Å². The van der Waals surface area contributed by atoms with E-state index in [-0.39, 0.29) is 10.8 Å². The average Bonchev–Trinajstić information content (AvgIpc) is 2.29. The highest BCUT2D eigenvalue weighted by Gasteiger charge is 2.13. The molecule has 0 saturated carbocycles. The van der Waals surface area contributed by atoms with Gasteiger partial charge in [0.05, 0.1) is 5.02 Å². The van der Waals surface area contributed by atoms with E-state index in [0.717, 1.165) is 12.8 Å². The van der Waals surface area contributed by atoms with Gasteiger partial charge in [0.25, 0.3) is 0 Å². The highest BCUT2D eigenvalue weighted by molar-refractivity contribution is 6.30. The van der Waals surface area contributed by atoms with Crippen LogP contribution in [-0.2, 0) is 0 Å². The average molecular weight is 243 g/mol. The SMILES string of the molecule is CCC(CC)CC(=O)c1ccc(Cl)c(F)c1. The summed E-state index contributed by atoms with van der Waals surface area (Å²) in [5.74, 6) is -0.160. The fourth-order valence-corrected chi connectivity index (χ4v) is 1.74. The van der Waals surface area contributed by atoms with Gasteiger partial charge < -0.3 is 0 Å². The molecule has 0 aromatic heterocycles. The van der Waals surface area contributed by atoms with Crippen molar-refractivity contribution in [3.05, 3.63) is 34.6 Å². The number of rotatable bonds is 5. The summed E-state index contributed by atoms with van der Waals surface area (Å²) in [5.41, 5.74) is 0.411. The Morgan fingerprint density at radius 1 is 1.38 bits per heavy atom. The number of benzene rings is 1. The maximum absolute atomic E-state index is 13.2. The molecule has 0 bridgehead atoms. The molecule has 16 heavy (non-hydrogen) atoms. The van der Waals surface area contributed by atoms with E-state index in [4.69, 9.17) is 11.6 Å². The molecule has 0 fully saturated rings. The summed E-state index contributed by atoms with van der Waals surface area (Å²) < 4.78 is 13.2. The Balaban J connectivity index is 2.76. The van der Waals surface area contributed by atoms with Crippen molar-refractivity contribution >= 4 is 17.4 Å². The van der Waals surface area contributed by atoms with Gasteiger partial charge in [0.1, 0.15) is 5.82 Å². The minimum atomic E-state index is -0.530. The first-order chi connectivity index (χ1) is 7.58. The number of halogens is 2. The van der Waals surface area contributed by atoms with Crippen LogP contribution in [0.1, 0.15) is 43.5 Å². The first-order valence-corrected chi connectivity index (χ1v) is 5.94. The fourth-order valence-electron chi connectivity index (χ4n) is 1.63. The van der Waals surface area contributed by atoms with Crippen molar-refractivity contribution in [2.75, 3.05) is 0 Å². The second kappa shape index (κ2) is 6.00. The summed E-state index contributed by atoms with van der Waals surface area (Å²) in [7, 11) is 0. The van der Waals surface area contributed by atoms with E-state index >= 15 is 0 Å². The predicted octanol–water partition coefficient (Wildman–Crippen LogP) is 4.49. The number of carbonyl (C=O) groups is 1. The van der Waals surface area contributed by atoms with Gasteiger partial charge in [-0.25, -0.2) is 4.39 Å². The van der Waals surface area contributed by atoms with E-state index in [0.29, 0.717) is 17.9 Å². The van der Waals surface area contributed by atoms with Crippen LogP contribution in [-0.4, -0.2) is 5.78 Å². The third-order valence-electron chi connectivity index (χ3n) is 2.87. The van der Waals surface area contributed by atoms with E-state index in [1.807, 2.05) is 0 Å². The first kappa shape index (κ1) is 13.2. The molecular formula is C13H16ClFO. The smallest absolute Gasteiger partial charge is 0.163 e. The predicted molar refractivity (Wildman–Crippen MR) is 64.4 cm³/mol. The second-order valence-corrected chi connectivity index (χ2v) is 4.35. The van der Waals surface area contributed by atoms with Gasteiger partial charge in [-0.15, -0.1) is 0 Å². The summed E-state index contributed by atoms with van der Waals surface area (Å²) in [6, 6.07) is 4.22. The lowest BCUT2D eigenvalue weighted by molar-refractivity contribution is 0.0958. The van der Waals surface area contributed by atoms with Crippen LogP contribution in [0.2, 0.25) is 5.02 Å². The van der Waals surface area contributed by atoms with Gasteiger partial charge in [-0.05, 0) is 24.1 Å². The van der Waals surface area contributed by atoms with E-state index in [1.165, 1.54) is 12.1 Å². The van der Waals surface area contributed by atoms with E-state index < -0.39 is 5.82 Å². The van der Waals surface area contributed by atoms with Crippen molar-refractivity contribution in [1.29, 1.82) is 0 Å². The summed E-state index contributed by atoms with van der Waals surface area (Å²) >= 11 is 5.56. The third kappa shape index (κ3) is 3.31. The molecule has 0 spiro atoms. The van der Waals surface area contributed by atoms with Crippen LogP contribution in [0.25, 0.3) is 0 Å². The molecule has 1 nitrogen and oxygen atoms in total. The maximum atomic E-state index is 13.2. The maximum Gasteiger partial charge on any atom is 0.163 e. The zero-order valence-electron chi connectivity index (χ0n) is 9.59. The molecule has 0 unspecified atom stereocenters. The number of Topliss-reactive ketones (excluding diaryl/α,β-unsaturated/α-hetero) is 1. The molecule has 0 aliphatic carbocycles. The lowest BCUT2D eigenvalue weighted by atomic mass is 9.94. The summed E-state index contributed by atoms with van der Waals surface area (Å²) in [6.45, 7) is 4.12. The number of ketones is 1. The standard InChI is InChI=1S/C13H16ClFO/c1-3-9(4-2)7-13(16)10-5-6-11(14)12(15)8-10/h5-6,8-9H,3-4,7H2,1-2H3. The van der Waals surface area contributed by atoms with E-state index in [2.05, 4.69) is 13.8 Å². The van der Waals surface area contributed by atoms with Crippen molar-refractivity contribution in [2.24, 2.45) is 5.92 Å². The van der Waals surface area contributed by atoms with Crippen molar-refractivity contribution in [3.63, 3.8) is 0 Å². The number of hydrogen-bond acceptors (Lipinski definition) is 1. The minimum absolute atomic E-state index is 0.00994. The largest absolute Gasteiger partial charge is 0.294 e. The first-order valence-electron chi connectivity index (χ1n) is 5.56. The summed E-state index contributed by atoms with van der Waals surface area (Å²) in [5, 5.41) is 0.0547. The van der Waals surface area contributed by atoms with E-state index in [1.54, 1.807) is 6.07 Å². The zero-order chi connectivity index (χ0) is 12.1. The molecule has 1 rings (SSSR count). The number of hydrogen-bond donors (Lipinski definition) is 0. The quantitative estimate of drug-likeness (QED) is 0.696. The molecule has 1 aromatic carbocycles. The Hall–Kier alpha value is -0.890. The van der Waals surface area contributed by atoms with Crippen molar-refractivity contribution in [1.82, 2.24) is 0 Å². The monoisotopic (exact) mass is 242 g/mol. The molecule has 0 aliphatic rings. The molecular weight excluding hydrogens is 227 g/mol. The van der Waals surface area contributed by atoms with Crippen molar-refractivity contribution in [2.45, 2.75) is 33.1 Å². The van der Waals surface area contributed by atoms with Crippen LogP contribution in [0.15, 0.2) is 18.2 Å². The molecule has 1 aromatic rings. The van der Waals surface area contributed by atoms with Gasteiger partial charge in [0.15, 0.2) is 5.78 Å². The highest BCUT2D eigenvalue weighted by Crippen LogP contribution is 2.20. The number of carbonyl (C=O) groups excluding carboxylic acids is 1. The Morgan fingerprint density at radius 2 is 2.00 bits per heavy atom. The third-order valence-corrected chi connectivity index (χ3v) is 3.18. The molecule has 3 heteroatoms. The summed E-state index contributed by atoms with van der Waals surface area (Å²) in [6.07, 6.45) is 2.42. The Labute approximate surface area is 101 Å².